The highest BCUT2D eigenvalue weighted by atomic mass is 79.9. The summed E-state index contributed by atoms with van der Waals surface area (Å²) < 4.78 is 13.7. The largest absolute Gasteiger partial charge is 0.397 e. The summed E-state index contributed by atoms with van der Waals surface area (Å²) in [5.74, 6) is -0.426. The van der Waals surface area contributed by atoms with Crippen LogP contribution in [0, 0.1) is 5.82 Å². The van der Waals surface area contributed by atoms with E-state index in [1.54, 1.807) is 20.2 Å². The number of nitrogens with two attached hydrogens (primary N) is 1. The van der Waals surface area contributed by atoms with Gasteiger partial charge in [-0.3, -0.25) is 4.79 Å². The molecule has 0 aliphatic heterocycles. The van der Waals surface area contributed by atoms with Gasteiger partial charge in [-0.2, -0.15) is 0 Å². The van der Waals surface area contributed by atoms with E-state index in [4.69, 9.17) is 5.73 Å². The van der Waals surface area contributed by atoms with Crippen LogP contribution in [0.4, 0.5) is 15.8 Å². The van der Waals surface area contributed by atoms with E-state index in [9.17, 15) is 9.18 Å². The van der Waals surface area contributed by atoms with E-state index in [2.05, 4.69) is 15.9 Å². The molecule has 0 saturated carbocycles. The number of hydrogen-bond acceptors (Lipinski definition) is 3. The fourth-order valence-electron chi connectivity index (χ4n) is 1.68. The number of likely N-dealkylation sites (N-methyl/N-ethyl adjacent to an activating group) is 1. The van der Waals surface area contributed by atoms with E-state index in [-0.39, 0.29) is 12.5 Å². The Bertz CT molecular complexity index is 465. The molecular weight excluding hydrogens is 313 g/mol. The molecule has 0 unspecified atom stereocenters. The maximum Gasteiger partial charge on any atom is 0.241 e. The number of hydrogen-bond donors (Lipinski definition) is 1. The highest BCUT2D eigenvalue weighted by Gasteiger charge is 2.16. The second-order valence-corrected chi connectivity index (χ2v) is 5.39. The Morgan fingerprint density at radius 2 is 2.05 bits per heavy atom. The first-order valence-electron chi connectivity index (χ1n) is 6.06. The van der Waals surface area contributed by atoms with Crippen LogP contribution in [0.15, 0.2) is 16.6 Å². The predicted molar refractivity (Wildman–Crippen MR) is 79.7 cm³/mol. The molecule has 0 aliphatic rings. The van der Waals surface area contributed by atoms with E-state index < -0.39 is 5.82 Å². The van der Waals surface area contributed by atoms with Gasteiger partial charge in [0.15, 0.2) is 0 Å². The zero-order chi connectivity index (χ0) is 14.6. The van der Waals surface area contributed by atoms with Crippen LogP contribution in [0.25, 0.3) is 0 Å². The van der Waals surface area contributed by atoms with Crippen molar-refractivity contribution >= 4 is 33.2 Å². The molecule has 1 aromatic carbocycles. The van der Waals surface area contributed by atoms with Crippen LogP contribution in [0.3, 0.4) is 0 Å². The summed E-state index contributed by atoms with van der Waals surface area (Å²) in [6.45, 7) is 2.92. The fourth-order valence-corrected chi connectivity index (χ4v) is 2.02. The van der Waals surface area contributed by atoms with Crippen molar-refractivity contribution in [3.63, 3.8) is 0 Å². The summed E-state index contributed by atoms with van der Waals surface area (Å²) in [4.78, 5) is 15.2. The van der Waals surface area contributed by atoms with Crippen molar-refractivity contribution in [3.05, 3.63) is 22.4 Å². The van der Waals surface area contributed by atoms with E-state index >= 15 is 0 Å². The summed E-state index contributed by atoms with van der Waals surface area (Å²) in [5.41, 5.74) is 6.85. The van der Waals surface area contributed by atoms with Crippen molar-refractivity contribution in [2.45, 2.75) is 13.3 Å². The van der Waals surface area contributed by atoms with Crippen LogP contribution in [0.5, 0.6) is 0 Å². The number of amides is 1. The molecule has 0 aliphatic carbocycles. The van der Waals surface area contributed by atoms with Gasteiger partial charge in [0.05, 0.1) is 22.4 Å². The molecule has 19 heavy (non-hydrogen) atoms. The smallest absolute Gasteiger partial charge is 0.241 e. The van der Waals surface area contributed by atoms with E-state index in [1.807, 2.05) is 11.8 Å². The van der Waals surface area contributed by atoms with Gasteiger partial charge in [-0.05, 0) is 28.4 Å². The van der Waals surface area contributed by atoms with Crippen molar-refractivity contribution in [2.75, 3.05) is 37.8 Å². The molecule has 0 saturated heterocycles. The highest BCUT2D eigenvalue weighted by Crippen LogP contribution is 2.29. The third kappa shape index (κ3) is 4.09. The van der Waals surface area contributed by atoms with Crippen molar-refractivity contribution in [2.24, 2.45) is 0 Å². The number of carbonyl (C=O) groups is 1. The van der Waals surface area contributed by atoms with Crippen LogP contribution >= 0.6 is 15.9 Å². The van der Waals surface area contributed by atoms with Gasteiger partial charge in [-0.1, -0.05) is 6.92 Å². The first kappa shape index (κ1) is 15.8. The van der Waals surface area contributed by atoms with Gasteiger partial charge in [0.1, 0.15) is 5.82 Å². The number of nitrogens with zero attached hydrogens (tertiary/aromatic N) is 2. The van der Waals surface area contributed by atoms with Crippen molar-refractivity contribution < 1.29 is 9.18 Å². The van der Waals surface area contributed by atoms with Crippen LogP contribution in [-0.2, 0) is 4.79 Å². The lowest BCUT2D eigenvalue weighted by Crippen LogP contribution is -2.37. The van der Waals surface area contributed by atoms with Crippen molar-refractivity contribution in [3.8, 4) is 0 Å². The molecule has 0 aromatic heterocycles. The number of benzene rings is 1. The number of halogens is 2. The molecule has 0 spiro atoms. The lowest BCUT2D eigenvalue weighted by atomic mass is 10.2. The molecule has 1 rings (SSSR count). The minimum Gasteiger partial charge on any atom is -0.397 e. The quantitative estimate of drug-likeness (QED) is 0.843. The third-order valence-electron chi connectivity index (χ3n) is 2.73. The molecule has 1 aromatic rings. The van der Waals surface area contributed by atoms with Gasteiger partial charge in [0.25, 0.3) is 0 Å². The Hall–Kier alpha value is -1.30. The maximum atomic E-state index is 13.4. The average molecular weight is 332 g/mol. The van der Waals surface area contributed by atoms with Crippen molar-refractivity contribution in [1.82, 2.24) is 4.90 Å². The minimum absolute atomic E-state index is 0.0201. The monoisotopic (exact) mass is 331 g/mol. The normalized spacial score (nSPS) is 10.4. The second kappa shape index (κ2) is 6.75. The topological polar surface area (TPSA) is 49.6 Å². The van der Waals surface area contributed by atoms with Crippen molar-refractivity contribution in [1.29, 1.82) is 0 Å². The lowest BCUT2D eigenvalue weighted by Gasteiger charge is -2.26. The van der Waals surface area contributed by atoms with Gasteiger partial charge >= 0.3 is 0 Å². The van der Waals surface area contributed by atoms with Crippen LogP contribution < -0.4 is 10.6 Å². The molecule has 1 amide bonds. The molecule has 0 fully saturated rings. The highest BCUT2D eigenvalue weighted by molar-refractivity contribution is 9.10. The zero-order valence-corrected chi connectivity index (χ0v) is 13.0. The molecule has 4 nitrogen and oxygen atoms in total. The minimum atomic E-state index is -0.406. The van der Waals surface area contributed by atoms with E-state index in [1.165, 1.54) is 11.0 Å². The summed E-state index contributed by atoms with van der Waals surface area (Å²) >= 11 is 3.14. The Balaban J connectivity index is 3.05. The Kier molecular flexibility index (Phi) is 5.60. The Labute approximate surface area is 121 Å². The van der Waals surface area contributed by atoms with E-state index in [0.29, 0.717) is 22.4 Å². The fraction of sp³-hybridized carbons (Fsp3) is 0.462. The third-order valence-corrected chi connectivity index (χ3v) is 3.34. The zero-order valence-electron chi connectivity index (χ0n) is 11.4. The number of nitrogen functional groups attached to an aromatic ring is 1. The van der Waals surface area contributed by atoms with Gasteiger partial charge in [-0.15, -0.1) is 0 Å². The number of anilines is 2. The molecule has 0 atom stereocenters. The summed E-state index contributed by atoms with van der Waals surface area (Å²) in [5, 5.41) is 0. The summed E-state index contributed by atoms with van der Waals surface area (Å²) in [7, 11) is 3.41. The molecule has 0 heterocycles. The summed E-state index contributed by atoms with van der Waals surface area (Å²) in [6.07, 6.45) is 0.870. The number of carbonyl (C=O) groups excluding carboxylic acids is 1. The summed E-state index contributed by atoms with van der Waals surface area (Å²) in [6, 6.07) is 2.88. The first-order valence-corrected chi connectivity index (χ1v) is 6.85. The van der Waals surface area contributed by atoms with Gasteiger partial charge < -0.3 is 15.5 Å². The maximum absolute atomic E-state index is 13.4. The molecule has 0 bridgehead atoms. The SMILES string of the molecule is CCCN(CC(=O)N(C)C)c1cc(Br)c(F)cc1N. The predicted octanol–water partition coefficient (Wildman–Crippen LogP) is 2.47. The van der Waals surface area contributed by atoms with E-state index in [0.717, 1.165) is 6.42 Å². The van der Waals surface area contributed by atoms with Crippen LogP contribution in [0.2, 0.25) is 0 Å². The average Bonchev–Trinajstić information content (AvgIpc) is 2.33. The standard InChI is InChI=1S/C13H19BrFN3O/c1-4-5-18(8-13(19)17(2)3)12-6-9(14)10(15)7-11(12)16/h6-7H,4-5,8,16H2,1-3H3. The van der Waals surface area contributed by atoms with Gasteiger partial charge in [0.2, 0.25) is 5.91 Å². The van der Waals surface area contributed by atoms with Crippen LogP contribution in [-0.4, -0.2) is 38.0 Å². The Morgan fingerprint density at radius 3 is 2.58 bits per heavy atom. The second-order valence-electron chi connectivity index (χ2n) is 4.53. The molecule has 106 valence electrons. The molecule has 2 N–H and O–H groups in total. The van der Waals surface area contributed by atoms with Gasteiger partial charge in [0, 0.05) is 26.7 Å². The molecule has 0 radical (unpaired) electrons. The first-order chi connectivity index (χ1) is 8.86. The molecular formula is C13H19BrFN3O. The molecule has 6 heteroatoms. The number of rotatable bonds is 5. The van der Waals surface area contributed by atoms with Crippen LogP contribution in [0.1, 0.15) is 13.3 Å². The Morgan fingerprint density at radius 1 is 1.42 bits per heavy atom. The lowest BCUT2D eigenvalue weighted by molar-refractivity contribution is -0.127. The van der Waals surface area contributed by atoms with Gasteiger partial charge in [-0.25, -0.2) is 4.39 Å².